The van der Waals surface area contributed by atoms with Gasteiger partial charge in [0.2, 0.25) is 11.3 Å². The van der Waals surface area contributed by atoms with Crippen LogP contribution in [-0.4, -0.2) is 108 Å². The van der Waals surface area contributed by atoms with Crippen LogP contribution in [-0.2, 0) is 21.5 Å². The summed E-state index contributed by atoms with van der Waals surface area (Å²) in [6.07, 6.45) is 3.51. The zero-order valence-corrected chi connectivity index (χ0v) is 16.6. The number of piperidine rings is 1. The van der Waals surface area contributed by atoms with Crippen molar-refractivity contribution in [1.29, 1.82) is 0 Å². The van der Waals surface area contributed by atoms with Crippen LogP contribution in [0.3, 0.4) is 0 Å². The van der Waals surface area contributed by atoms with Crippen molar-refractivity contribution in [2.45, 2.75) is 19.3 Å². The lowest BCUT2D eigenvalue weighted by Gasteiger charge is -2.33. The Labute approximate surface area is 153 Å². The van der Waals surface area contributed by atoms with E-state index in [1.807, 2.05) is 7.05 Å². The van der Waals surface area contributed by atoms with Crippen molar-refractivity contribution in [1.82, 2.24) is 23.1 Å². The molecule has 2 fully saturated rings. The number of nitrogens with one attached hydrogen (secondary N) is 1. The Morgan fingerprint density at radius 2 is 1.60 bits per heavy atom. The monoisotopic (exact) mass is 397 g/mol. The molecule has 0 aromatic heterocycles. The van der Waals surface area contributed by atoms with Crippen LogP contribution in [0.2, 0.25) is 0 Å². The molecule has 2 aliphatic rings. The summed E-state index contributed by atoms with van der Waals surface area (Å²) >= 11 is -2.56. The average molecular weight is 398 g/mol. The lowest BCUT2D eigenvalue weighted by Crippen LogP contribution is -2.50. The molecule has 0 radical (unpaired) electrons. The molecule has 0 aliphatic carbocycles. The second-order valence-corrected chi connectivity index (χ2v) is 9.52. The molecule has 0 aromatic rings. The van der Waals surface area contributed by atoms with E-state index in [-0.39, 0.29) is 13.1 Å². The molecule has 1 unspecified atom stereocenters. The quantitative estimate of drug-likeness (QED) is 0.482. The Balaban J connectivity index is 1.78. The Hall–Kier alpha value is -0.140. The normalized spacial score (nSPS) is 23.2. The Morgan fingerprint density at radius 1 is 1.00 bits per heavy atom. The third kappa shape index (κ3) is 7.18. The molecule has 11 heteroatoms. The van der Waals surface area contributed by atoms with Gasteiger partial charge in [0.25, 0.3) is 10.2 Å². The minimum Gasteiger partial charge on any atom is -0.304 e. The summed E-state index contributed by atoms with van der Waals surface area (Å²) < 4.78 is 48.7. The summed E-state index contributed by atoms with van der Waals surface area (Å²) in [5.41, 5.74) is 0. The Bertz CT molecular complexity index is 519. The standard InChI is InChI=1S/C14H31N5O4S2/c1-16-9-11-18(12-10-16)13-14-19(24(20)21)25(22,23)15-5-8-17-6-3-2-4-7-17/h15H,2-14H2,1H3,(H,20,21). The van der Waals surface area contributed by atoms with Crippen molar-refractivity contribution in [3.8, 4) is 0 Å². The third-order valence-corrected chi connectivity index (χ3v) is 7.59. The van der Waals surface area contributed by atoms with Gasteiger partial charge in [0.05, 0.1) is 0 Å². The molecule has 148 valence electrons. The fraction of sp³-hybridized carbons (Fsp3) is 1.00. The van der Waals surface area contributed by atoms with Gasteiger partial charge in [-0.3, -0.25) is 9.45 Å². The molecule has 0 bridgehead atoms. The predicted octanol–water partition coefficient (Wildman–Crippen LogP) is -1.01. The summed E-state index contributed by atoms with van der Waals surface area (Å²) in [5.74, 6) is 0. The highest BCUT2D eigenvalue weighted by atomic mass is 32.3. The minimum absolute atomic E-state index is 0.00583. The maximum atomic E-state index is 12.4. The third-order valence-electron chi connectivity index (χ3n) is 4.80. The van der Waals surface area contributed by atoms with Crippen LogP contribution in [0.15, 0.2) is 0 Å². The van der Waals surface area contributed by atoms with E-state index < -0.39 is 21.5 Å². The smallest absolute Gasteiger partial charge is 0.292 e. The van der Waals surface area contributed by atoms with Crippen molar-refractivity contribution in [2.24, 2.45) is 0 Å². The largest absolute Gasteiger partial charge is 0.304 e. The van der Waals surface area contributed by atoms with Gasteiger partial charge in [0.1, 0.15) is 0 Å². The van der Waals surface area contributed by atoms with E-state index in [4.69, 9.17) is 0 Å². The highest BCUT2D eigenvalue weighted by Crippen LogP contribution is 2.08. The van der Waals surface area contributed by atoms with Crippen molar-refractivity contribution < 1.29 is 17.2 Å². The molecule has 9 nitrogen and oxygen atoms in total. The first-order valence-electron chi connectivity index (χ1n) is 8.90. The fourth-order valence-corrected chi connectivity index (χ4v) is 5.05. The van der Waals surface area contributed by atoms with E-state index in [0.29, 0.717) is 16.8 Å². The van der Waals surface area contributed by atoms with E-state index in [0.717, 1.165) is 52.1 Å². The van der Waals surface area contributed by atoms with Crippen LogP contribution in [0.1, 0.15) is 19.3 Å². The lowest BCUT2D eigenvalue weighted by atomic mass is 10.1. The number of piperazine rings is 1. The molecular weight excluding hydrogens is 366 g/mol. The van der Waals surface area contributed by atoms with E-state index in [9.17, 15) is 17.2 Å². The van der Waals surface area contributed by atoms with Gasteiger partial charge < -0.3 is 9.80 Å². The summed E-state index contributed by atoms with van der Waals surface area (Å²) in [5, 5.41) is 0. The maximum absolute atomic E-state index is 12.4. The van der Waals surface area contributed by atoms with Crippen molar-refractivity contribution in [3.63, 3.8) is 0 Å². The predicted molar refractivity (Wildman–Crippen MR) is 98.6 cm³/mol. The van der Waals surface area contributed by atoms with Gasteiger partial charge in [-0.2, -0.15) is 8.42 Å². The number of likely N-dealkylation sites (tertiary alicyclic amines) is 1. The van der Waals surface area contributed by atoms with Crippen LogP contribution in [0.25, 0.3) is 0 Å². The van der Waals surface area contributed by atoms with Crippen LogP contribution in [0.5, 0.6) is 0 Å². The number of hydrogen-bond acceptors (Lipinski definition) is 6. The summed E-state index contributed by atoms with van der Waals surface area (Å²) in [6, 6.07) is 0. The van der Waals surface area contributed by atoms with Gasteiger partial charge in [-0.05, 0) is 33.0 Å². The summed E-state index contributed by atoms with van der Waals surface area (Å²) in [7, 11) is -1.92. The van der Waals surface area contributed by atoms with Gasteiger partial charge >= 0.3 is 0 Å². The Morgan fingerprint density at radius 3 is 2.20 bits per heavy atom. The van der Waals surface area contributed by atoms with Crippen molar-refractivity contribution in [3.05, 3.63) is 0 Å². The first-order chi connectivity index (χ1) is 11.9. The van der Waals surface area contributed by atoms with Crippen LogP contribution in [0.4, 0.5) is 0 Å². The molecule has 2 rings (SSSR count). The number of nitrogens with zero attached hydrogens (tertiary/aromatic N) is 4. The maximum Gasteiger partial charge on any atom is 0.292 e. The van der Waals surface area contributed by atoms with Gasteiger partial charge in [-0.15, -0.1) is 0 Å². The van der Waals surface area contributed by atoms with Gasteiger partial charge in [0.15, 0.2) is 0 Å². The molecule has 0 amide bonds. The topological polar surface area (TPSA) is 96.4 Å². The van der Waals surface area contributed by atoms with Crippen LogP contribution < -0.4 is 4.72 Å². The van der Waals surface area contributed by atoms with E-state index >= 15 is 0 Å². The van der Waals surface area contributed by atoms with E-state index in [1.54, 1.807) is 0 Å². The lowest BCUT2D eigenvalue weighted by molar-refractivity contribution is 0.152. The molecular formula is C14H31N5O4S2. The number of likely N-dealkylation sites (N-methyl/N-ethyl adjacent to an activating group) is 1. The molecule has 0 saturated carbocycles. The van der Waals surface area contributed by atoms with E-state index in [1.165, 1.54) is 6.42 Å². The molecule has 2 heterocycles. The first kappa shape index (κ1) is 21.2. The van der Waals surface area contributed by atoms with Gasteiger partial charge in [-0.1, -0.05) is 10.1 Å². The number of hydrogen-bond donors (Lipinski definition) is 2. The second kappa shape index (κ2) is 10.3. The van der Waals surface area contributed by atoms with Crippen LogP contribution in [0, 0.1) is 0 Å². The first-order valence-corrected chi connectivity index (χ1v) is 11.4. The van der Waals surface area contributed by atoms with Crippen LogP contribution >= 0.6 is 0 Å². The van der Waals surface area contributed by atoms with E-state index in [2.05, 4.69) is 19.4 Å². The summed E-state index contributed by atoms with van der Waals surface area (Å²) in [6.45, 7) is 6.83. The molecule has 0 spiro atoms. The highest BCUT2D eigenvalue weighted by molar-refractivity contribution is 7.98. The summed E-state index contributed by atoms with van der Waals surface area (Å²) in [4.78, 5) is 6.54. The molecule has 25 heavy (non-hydrogen) atoms. The molecule has 2 N–H and O–H groups in total. The average Bonchev–Trinajstić information content (AvgIpc) is 2.57. The molecule has 2 aliphatic heterocycles. The molecule has 2 saturated heterocycles. The van der Waals surface area contributed by atoms with Crippen molar-refractivity contribution in [2.75, 3.05) is 72.5 Å². The number of rotatable bonds is 9. The molecule has 0 aromatic carbocycles. The zero-order chi connectivity index (χ0) is 18.3. The molecule has 1 atom stereocenters. The minimum atomic E-state index is -3.96. The Kier molecular flexibility index (Phi) is 8.69. The SMILES string of the molecule is CN1CCN(CCN(S(=O)O)S(=O)(=O)NCCN2CCCCC2)CC1. The fourth-order valence-electron chi connectivity index (χ4n) is 3.16. The highest BCUT2D eigenvalue weighted by Gasteiger charge is 2.28. The zero-order valence-electron chi connectivity index (χ0n) is 15.0. The van der Waals surface area contributed by atoms with Gasteiger partial charge in [-0.25, -0.2) is 8.93 Å². The second-order valence-electron chi connectivity index (χ2n) is 6.70. The van der Waals surface area contributed by atoms with Gasteiger partial charge in [0, 0.05) is 52.4 Å². The van der Waals surface area contributed by atoms with Crippen molar-refractivity contribution >= 4 is 21.5 Å².